The van der Waals surface area contributed by atoms with E-state index in [0.29, 0.717) is 27.3 Å². The van der Waals surface area contributed by atoms with E-state index in [1.807, 2.05) is 49.4 Å². The molecule has 1 fully saturated rings. The van der Waals surface area contributed by atoms with Gasteiger partial charge in [-0.05, 0) is 67.5 Å². The van der Waals surface area contributed by atoms with Crippen LogP contribution in [0.1, 0.15) is 24.5 Å². The molecular formula is C30H31ClFN3O4Si. The van der Waals surface area contributed by atoms with Gasteiger partial charge in [-0.15, -0.1) is 0 Å². The number of halogens is 2. The van der Waals surface area contributed by atoms with Crippen molar-refractivity contribution in [1.29, 1.82) is 0 Å². The third kappa shape index (κ3) is 4.06. The van der Waals surface area contributed by atoms with Gasteiger partial charge < -0.3 is 18.9 Å². The summed E-state index contributed by atoms with van der Waals surface area (Å²) in [6, 6.07) is 20.1. The number of aliphatic hydroxyl groups excluding tert-OH is 1. The average molecular weight is 580 g/mol. The first-order valence-corrected chi connectivity index (χ1v) is 16.8. The molecule has 0 aliphatic carbocycles. The fourth-order valence-corrected chi connectivity index (χ4v) is 9.51. The Balaban J connectivity index is 1.41. The summed E-state index contributed by atoms with van der Waals surface area (Å²) in [5.74, 6) is -0.726. The molecule has 208 valence electrons. The topological polar surface area (TPSA) is 87.6 Å². The van der Waals surface area contributed by atoms with Gasteiger partial charge in [-0.3, -0.25) is 14.7 Å². The Labute approximate surface area is 237 Å². The normalized spacial score (nSPS) is 24.4. The molecule has 40 heavy (non-hydrogen) atoms. The number of ether oxygens (including phenoxy) is 1. The smallest absolute Gasteiger partial charge is 0.279 e. The molecule has 4 atom stereocenters. The van der Waals surface area contributed by atoms with Crippen molar-refractivity contribution in [2.45, 2.75) is 50.2 Å². The number of aromatic nitrogens is 2. The fourth-order valence-electron chi connectivity index (χ4n) is 6.79. The number of fused-ring (bicyclic) bond motifs is 3. The van der Waals surface area contributed by atoms with E-state index in [1.54, 1.807) is 42.3 Å². The highest BCUT2D eigenvalue weighted by atomic mass is 35.5. The molecule has 1 aromatic heterocycles. The number of amides is 1. The number of hydrogen-bond donors (Lipinski definition) is 2. The fraction of sp³-hybridized carbons (Fsp3) is 0.333. The standard InChI is InChI=1S/C30H31ClFN3O4Si/c1-18-27(40(2,3)32)26(13-14-36)39-30(18)23-16-20(31)11-12-25(23)34(29(30)38)17-19-7-6-8-21(15-19)35-28(37)22-9-4-5-10-24(22)33-35/h4-12,15-16,18,26-27,33,36H,13-14,17H2,1-3H3/t18-,26+,27-,30+/m1/s1. The van der Waals surface area contributed by atoms with Crippen molar-refractivity contribution in [2.75, 3.05) is 11.5 Å². The summed E-state index contributed by atoms with van der Waals surface area (Å²) in [4.78, 5) is 29.1. The van der Waals surface area contributed by atoms with Gasteiger partial charge in [-0.25, -0.2) is 4.68 Å². The number of hydrogen-bond acceptors (Lipinski definition) is 4. The second kappa shape index (κ2) is 9.69. The Morgan fingerprint density at radius 2 is 1.88 bits per heavy atom. The van der Waals surface area contributed by atoms with Crippen LogP contribution in [0.2, 0.25) is 23.7 Å². The second-order valence-electron chi connectivity index (χ2n) is 11.3. The van der Waals surface area contributed by atoms with E-state index in [2.05, 4.69) is 5.10 Å². The molecule has 2 N–H and O–H groups in total. The van der Waals surface area contributed by atoms with Crippen molar-refractivity contribution in [3.8, 4) is 5.69 Å². The molecule has 1 amide bonds. The summed E-state index contributed by atoms with van der Waals surface area (Å²) in [5, 5.41) is 13.9. The lowest BCUT2D eigenvalue weighted by Crippen LogP contribution is -2.45. The van der Waals surface area contributed by atoms with Crippen LogP contribution >= 0.6 is 11.6 Å². The van der Waals surface area contributed by atoms with Gasteiger partial charge >= 0.3 is 0 Å². The maximum absolute atomic E-state index is 15.7. The van der Waals surface area contributed by atoms with Crippen LogP contribution in [-0.2, 0) is 21.7 Å². The minimum absolute atomic E-state index is 0.156. The van der Waals surface area contributed by atoms with Gasteiger partial charge in [-0.1, -0.05) is 42.8 Å². The molecule has 2 aliphatic heterocycles. The second-order valence-corrected chi connectivity index (χ2v) is 15.5. The molecule has 7 nitrogen and oxygen atoms in total. The molecule has 0 saturated carbocycles. The highest BCUT2D eigenvalue weighted by Gasteiger charge is 2.66. The van der Waals surface area contributed by atoms with E-state index in [-0.39, 0.29) is 31.0 Å². The van der Waals surface area contributed by atoms with Gasteiger partial charge in [-0.2, -0.15) is 0 Å². The van der Waals surface area contributed by atoms with E-state index in [4.69, 9.17) is 16.3 Å². The summed E-state index contributed by atoms with van der Waals surface area (Å²) in [5.41, 5.74) is 1.45. The number of aromatic amines is 1. The SMILES string of the molecule is C[C@@H]1[C@@H]([Si](C)(C)F)[C@H](CCO)O[C@@]12C(=O)N(Cc1cccc(-n3[nH]c4ccccc4c3=O)c1)c1ccc(Cl)cc12. The van der Waals surface area contributed by atoms with E-state index in [1.165, 1.54) is 4.68 Å². The lowest BCUT2D eigenvalue weighted by atomic mass is 9.82. The van der Waals surface area contributed by atoms with Gasteiger partial charge in [0.2, 0.25) is 8.41 Å². The number of benzene rings is 3. The first-order chi connectivity index (χ1) is 19.1. The van der Waals surface area contributed by atoms with Crippen LogP contribution in [0.25, 0.3) is 16.6 Å². The molecule has 3 aromatic carbocycles. The molecule has 6 rings (SSSR count). The Kier molecular flexibility index (Phi) is 6.53. The average Bonchev–Trinajstić information content (AvgIpc) is 3.49. The van der Waals surface area contributed by atoms with Crippen LogP contribution in [-0.4, -0.2) is 41.9 Å². The van der Waals surface area contributed by atoms with E-state index >= 15 is 4.11 Å². The van der Waals surface area contributed by atoms with Crippen LogP contribution in [0.4, 0.5) is 9.80 Å². The van der Waals surface area contributed by atoms with Crippen molar-refractivity contribution in [3.63, 3.8) is 0 Å². The van der Waals surface area contributed by atoms with Crippen LogP contribution in [0.3, 0.4) is 0 Å². The zero-order valence-electron chi connectivity index (χ0n) is 22.5. The molecular weight excluding hydrogens is 549 g/mol. The van der Waals surface area contributed by atoms with Crippen molar-refractivity contribution in [1.82, 2.24) is 9.78 Å². The van der Waals surface area contributed by atoms with Crippen LogP contribution in [0, 0.1) is 5.92 Å². The molecule has 0 radical (unpaired) electrons. The maximum atomic E-state index is 15.7. The van der Waals surface area contributed by atoms with Crippen molar-refractivity contribution >= 4 is 42.5 Å². The Hall–Kier alpha value is -3.24. The first-order valence-electron chi connectivity index (χ1n) is 13.4. The summed E-state index contributed by atoms with van der Waals surface area (Å²) < 4.78 is 23.7. The number of aliphatic hydroxyl groups is 1. The number of anilines is 1. The molecule has 1 saturated heterocycles. The largest absolute Gasteiger partial charge is 0.396 e. The molecule has 1 spiro atoms. The molecule has 3 heterocycles. The van der Waals surface area contributed by atoms with E-state index in [9.17, 15) is 14.7 Å². The molecule has 0 bridgehead atoms. The third-order valence-electron chi connectivity index (χ3n) is 8.44. The maximum Gasteiger partial charge on any atom is 0.279 e. The number of carbonyl (C=O) groups excluding carboxylic acids is 1. The number of nitrogens with zero attached hydrogens (tertiary/aromatic N) is 2. The van der Waals surface area contributed by atoms with Gasteiger partial charge in [0.1, 0.15) is 0 Å². The highest BCUT2D eigenvalue weighted by Crippen LogP contribution is 2.60. The minimum Gasteiger partial charge on any atom is -0.396 e. The predicted octanol–water partition coefficient (Wildman–Crippen LogP) is 5.68. The lowest BCUT2D eigenvalue weighted by Gasteiger charge is -2.31. The van der Waals surface area contributed by atoms with Crippen molar-refractivity contribution < 1.29 is 18.7 Å². The van der Waals surface area contributed by atoms with E-state index < -0.39 is 31.6 Å². The Morgan fingerprint density at radius 1 is 1.10 bits per heavy atom. The van der Waals surface area contributed by atoms with Gasteiger partial charge in [0.05, 0.1) is 34.9 Å². The van der Waals surface area contributed by atoms with Gasteiger partial charge in [0.25, 0.3) is 11.5 Å². The molecule has 2 aliphatic rings. The summed E-state index contributed by atoms with van der Waals surface area (Å²) in [7, 11) is -3.28. The number of nitrogens with one attached hydrogen (secondary N) is 1. The monoisotopic (exact) mass is 579 g/mol. The quantitative estimate of drug-likeness (QED) is 0.227. The summed E-state index contributed by atoms with van der Waals surface area (Å²) >= 11 is 6.42. The van der Waals surface area contributed by atoms with Crippen LogP contribution in [0.5, 0.6) is 0 Å². The number of H-pyrrole nitrogens is 1. The van der Waals surface area contributed by atoms with E-state index in [0.717, 1.165) is 11.1 Å². The number of para-hydroxylation sites is 1. The number of rotatable bonds is 6. The Morgan fingerprint density at radius 3 is 2.60 bits per heavy atom. The predicted molar refractivity (Wildman–Crippen MR) is 156 cm³/mol. The Bertz CT molecular complexity index is 1680. The first kappa shape index (κ1) is 27.0. The minimum atomic E-state index is -3.28. The van der Waals surface area contributed by atoms with Crippen molar-refractivity contribution in [3.05, 3.63) is 93.2 Å². The summed E-state index contributed by atoms with van der Waals surface area (Å²) in [6.45, 7) is 5.21. The third-order valence-corrected chi connectivity index (χ3v) is 11.1. The lowest BCUT2D eigenvalue weighted by molar-refractivity contribution is -0.146. The molecule has 0 unspecified atom stereocenters. The van der Waals surface area contributed by atoms with Crippen molar-refractivity contribution in [2.24, 2.45) is 5.92 Å². The van der Waals surface area contributed by atoms with Gasteiger partial charge in [0, 0.05) is 28.7 Å². The van der Waals surface area contributed by atoms with Gasteiger partial charge in [0.15, 0.2) is 5.60 Å². The zero-order chi connectivity index (χ0) is 28.4. The number of carbonyl (C=O) groups is 1. The van der Waals surface area contributed by atoms with Crippen LogP contribution < -0.4 is 10.5 Å². The zero-order valence-corrected chi connectivity index (χ0v) is 24.3. The summed E-state index contributed by atoms with van der Waals surface area (Å²) in [6.07, 6.45) is -0.332. The van der Waals surface area contributed by atoms with Crippen LogP contribution in [0.15, 0.2) is 71.5 Å². The highest BCUT2D eigenvalue weighted by molar-refractivity contribution is 6.72. The molecule has 10 heteroatoms. The molecule has 4 aromatic rings.